The van der Waals surface area contributed by atoms with E-state index in [0.717, 1.165) is 13.2 Å². The van der Waals surface area contributed by atoms with Gasteiger partial charge in [-0.2, -0.15) is 0 Å². The molecule has 68 valence electrons. The van der Waals surface area contributed by atoms with Crippen molar-refractivity contribution in [3.8, 4) is 0 Å². The van der Waals surface area contributed by atoms with Gasteiger partial charge in [0, 0.05) is 19.1 Å². The zero-order chi connectivity index (χ0) is 8.69. The molecule has 0 amide bonds. The van der Waals surface area contributed by atoms with Crippen LogP contribution in [0.2, 0.25) is 0 Å². The smallest absolute Gasteiger partial charge is 0.0594 e. The van der Waals surface area contributed by atoms with E-state index in [-0.39, 0.29) is 0 Å². The molecule has 0 aromatic rings. The summed E-state index contributed by atoms with van der Waals surface area (Å²) in [4.78, 5) is 0. The Kier molecular flexibility index (Phi) is 6.51. The van der Waals surface area contributed by atoms with E-state index in [4.69, 9.17) is 10.5 Å². The lowest BCUT2D eigenvalue weighted by Gasteiger charge is -2.12. The van der Waals surface area contributed by atoms with Crippen LogP contribution in [0.25, 0.3) is 0 Å². The Labute approximate surface area is 69.3 Å². The van der Waals surface area contributed by atoms with Crippen LogP contribution in [0.5, 0.6) is 0 Å². The second kappa shape index (κ2) is 6.58. The van der Waals surface area contributed by atoms with Gasteiger partial charge in [0.1, 0.15) is 0 Å². The van der Waals surface area contributed by atoms with Crippen molar-refractivity contribution in [3.05, 3.63) is 0 Å². The van der Waals surface area contributed by atoms with Gasteiger partial charge < -0.3 is 15.8 Å². The first-order valence-electron chi connectivity index (χ1n) is 4.22. The first-order chi connectivity index (χ1) is 5.16. The highest BCUT2D eigenvalue weighted by Crippen LogP contribution is 1.85. The van der Waals surface area contributed by atoms with Crippen molar-refractivity contribution in [2.45, 2.75) is 32.9 Å². The minimum atomic E-state index is 0.324. The third-order valence-corrected chi connectivity index (χ3v) is 1.40. The third-order valence-electron chi connectivity index (χ3n) is 1.40. The lowest BCUT2D eigenvalue weighted by Crippen LogP contribution is -2.35. The summed E-state index contributed by atoms with van der Waals surface area (Å²) in [6.45, 7) is 8.47. The van der Waals surface area contributed by atoms with Crippen LogP contribution in [0.1, 0.15) is 20.8 Å². The van der Waals surface area contributed by atoms with Crippen LogP contribution >= 0.6 is 0 Å². The van der Waals surface area contributed by atoms with Crippen LogP contribution in [0.4, 0.5) is 0 Å². The van der Waals surface area contributed by atoms with Gasteiger partial charge in [-0.1, -0.05) is 0 Å². The molecule has 0 spiro atoms. The van der Waals surface area contributed by atoms with Gasteiger partial charge in [0.05, 0.1) is 12.7 Å². The average Bonchev–Trinajstić information content (AvgIpc) is 1.97. The Morgan fingerprint density at radius 2 is 2.00 bits per heavy atom. The number of ether oxygens (including phenoxy) is 1. The molecule has 0 aromatic heterocycles. The fourth-order valence-electron chi connectivity index (χ4n) is 0.683. The zero-order valence-corrected chi connectivity index (χ0v) is 7.76. The molecule has 3 N–H and O–H groups in total. The van der Waals surface area contributed by atoms with Crippen LogP contribution in [0, 0.1) is 0 Å². The quantitative estimate of drug-likeness (QED) is 0.551. The summed E-state index contributed by atoms with van der Waals surface area (Å²) in [5.41, 5.74) is 5.41. The van der Waals surface area contributed by atoms with Crippen LogP contribution in [0.3, 0.4) is 0 Å². The van der Waals surface area contributed by atoms with Gasteiger partial charge in [0.2, 0.25) is 0 Å². The second-order valence-corrected chi connectivity index (χ2v) is 3.01. The normalized spacial score (nSPS) is 13.9. The Hall–Kier alpha value is -0.120. The molecule has 0 fully saturated rings. The van der Waals surface area contributed by atoms with Crippen LogP contribution < -0.4 is 11.1 Å². The molecule has 0 saturated heterocycles. The van der Waals surface area contributed by atoms with E-state index in [2.05, 4.69) is 12.2 Å². The van der Waals surface area contributed by atoms with Crippen LogP contribution in [0.15, 0.2) is 0 Å². The molecule has 0 aliphatic heterocycles. The minimum absolute atomic E-state index is 0.324. The maximum absolute atomic E-state index is 5.41. The van der Waals surface area contributed by atoms with Crippen molar-refractivity contribution in [2.24, 2.45) is 5.73 Å². The van der Waals surface area contributed by atoms with E-state index in [9.17, 15) is 0 Å². The molecule has 0 bridgehead atoms. The summed E-state index contributed by atoms with van der Waals surface area (Å²) < 4.78 is 5.33. The molecular formula is C8H20N2O. The van der Waals surface area contributed by atoms with E-state index in [1.807, 2.05) is 13.8 Å². The number of rotatable bonds is 6. The third kappa shape index (κ3) is 7.78. The molecule has 3 nitrogen and oxygen atoms in total. The first kappa shape index (κ1) is 10.9. The van der Waals surface area contributed by atoms with Crippen LogP contribution in [-0.2, 0) is 4.74 Å². The maximum atomic E-state index is 5.41. The molecule has 3 heteroatoms. The van der Waals surface area contributed by atoms with Crippen molar-refractivity contribution in [2.75, 3.05) is 19.7 Å². The number of nitrogens with two attached hydrogens (primary N) is 1. The summed E-state index contributed by atoms with van der Waals surface area (Å²) >= 11 is 0. The predicted octanol–water partition coefficient (Wildman–Crippen LogP) is 0.348. The highest BCUT2D eigenvalue weighted by atomic mass is 16.5. The molecule has 0 aromatic carbocycles. The van der Waals surface area contributed by atoms with Gasteiger partial charge in [-0.3, -0.25) is 0 Å². The van der Waals surface area contributed by atoms with Crippen molar-refractivity contribution in [1.29, 1.82) is 0 Å². The Balaban J connectivity index is 3.01. The minimum Gasteiger partial charge on any atom is -0.377 e. The van der Waals surface area contributed by atoms with Gasteiger partial charge in [-0.15, -0.1) is 0 Å². The maximum Gasteiger partial charge on any atom is 0.0594 e. The SMILES string of the molecule is CC(C)OCCN[C@@H](C)CN. The summed E-state index contributed by atoms with van der Waals surface area (Å²) in [7, 11) is 0. The standard InChI is InChI=1S/C8H20N2O/c1-7(2)11-5-4-10-8(3)6-9/h7-8,10H,4-6,9H2,1-3H3/t8-/m0/s1. The summed E-state index contributed by atoms with van der Waals surface area (Å²) in [6.07, 6.45) is 0.324. The van der Waals surface area contributed by atoms with Crippen molar-refractivity contribution < 1.29 is 4.74 Å². The van der Waals surface area contributed by atoms with Crippen LogP contribution in [-0.4, -0.2) is 31.8 Å². The lowest BCUT2D eigenvalue weighted by molar-refractivity contribution is 0.0797. The van der Waals surface area contributed by atoms with Gasteiger partial charge in [0.15, 0.2) is 0 Å². The Bertz CT molecular complexity index is 86.2. The number of nitrogens with one attached hydrogen (secondary N) is 1. The first-order valence-corrected chi connectivity index (χ1v) is 4.22. The topological polar surface area (TPSA) is 47.3 Å². The van der Waals surface area contributed by atoms with E-state index < -0.39 is 0 Å². The fourth-order valence-corrected chi connectivity index (χ4v) is 0.683. The molecule has 0 heterocycles. The van der Waals surface area contributed by atoms with E-state index in [1.54, 1.807) is 0 Å². The molecule has 0 radical (unpaired) electrons. The molecule has 1 atom stereocenters. The molecule has 0 aliphatic carbocycles. The molecule has 0 aliphatic rings. The molecule has 0 saturated carbocycles. The van der Waals surface area contributed by atoms with E-state index >= 15 is 0 Å². The largest absolute Gasteiger partial charge is 0.377 e. The van der Waals surface area contributed by atoms with Gasteiger partial charge in [0.25, 0.3) is 0 Å². The van der Waals surface area contributed by atoms with Crippen molar-refractivity contribution in [1.82, 2.24) is 5.32 Å². The zero-order valence-electron chi connectivity index (χ0n) is 7.76. The second-order valence-electron chi connectivity index (χ2n) is 3.01. The fraction of sp³-hybridized carbons (Fsp3) is 1.00. The summed E-state index contributed by atoms with van der Waals surface area (Å²) in [5.74, 6) is 0. The highest BCUT2D eigenvalue weighted by molar-refractivity contribution is 4.59. The van der Waals surface area contributed by atoms with Crippen molar-refractivity contribution >= 4 is 0 Å². The molecule has 0 unspecified atom stereocenters. The highest BCUT2D eigenvalue weighted by Gasteiger charge is 1.96. The summed E-state index contributed by atoms with van der Waals surface area (Å²) in [5, 5.41) is 3.24. The van der Waals surface area contributed by atoms with Gasteiger partial charge in [-0.05, 0) is 20.8 Å². The molecule has 11 heavy (non-hydrogen) atoms. The van der Waals surface area contributed by atoms with Gasteiger partial charge in [-0.25, -0.2) is 0 Å². The lowest BCUT2D eigenvalue weighted by atomic mass is 10.3. The Morgan fingerprint density at radius 1 is 1.36 bits per heavy atom. The molecular weight excluding hydrogens is 140 g/mol. The van der Waals surface area contributed by atoms with E-state index in [1.165, 1.54) is 0 Å². The molecule has 0 rings (SSSR count). The van der Waals surface area contributed by atoms with Gasteiger partial charge >= 0.3 is 0 Å². The van der Waals surface area contributed by atoms with Crippen molar-refractivity contribution in [3.63, 3.8) is 0 Å². The monoisotopic (exact) mass is 160 g/mol. The summed E-state index contributed by atoms with van der Waals surface area (Å²) in [6, 6.07) is 0.394. The number of hydrogen-bond acceptors (Lipinski definition) is 3. The predicted molar refractivity (Wildman–Crippen MR) is 47.6 cm³/mol. The number of hydrogen-bond donors (Lipinski definition) is 2. The Morgan fingerprint density at radius 3 is 2.45 bits per heavy atom. The van der Waals surface area contributed by atoms with E-state index in [0.29, 0.717) is 18.7 Å². The average molecular weight is 160 g/mol.